The first-order chi connectivity index (χ1) is 12.4. The third-order valence-electron chi connectivity index (χ3n) is 3.47. The van der Waals surface area contributed by atoms with Crippen molar-refractivity contribution in [1.29, 1.82) is 0 Å². The summed E-state index contributed by atoms with van der Waals surface area (Å²) in [5.41, 5.74) is 5.89. The van der Waals surface area contributed by atoms with E-state index in [4.69, 9.17) is 15.2 Å². The van der Waals surface area contributed by atoms with Crippen LogP contribution >= 0.6 is 0 Å². The summed E-state index contributed by atoms with van der Waals surface area (Å²) in [5.74, 6) is 1.27. The van der Waals surface area contributed by atoms with Gasteiger partial charge in [-0.1, -0.05) is 0 Å². The van der Waals surface area contributed by atoms with E-state index in [0.29, 0.717) is 18.1 Å². The molecule has 0 atom stereocenters. The second-order valence-corrected chi connectivity index (χ2v) is 6.46. The predicted octanol–water partition coefficient (Wildman–Crippen LogP) is 0.790. The van der Waals surface area contributed by atoms with E-state index in [-0.39, 0.29) is 30.1 Å². The van der Waals surface area contributed by atoms with Crippen LogP contribution in [0.1, 0.15) is 6.92 Å². The molecule has 0 radical (unpaired) electrons. The number of hydrogen-bond donors (Lipinski definition) is 1. The standard InChI is InChI=1S/C15H17N5O5S/c1-2-24-10-3-5-11(6-4-10)25-8-7-20-14-12(13(16)17-9-18-14)19-15(20)26(21,22)23/h3-6,9H,2,7-8H2,1H3,(H2,16,17,18)(H,21,22,23)/p-1. The zero-order chi connectivity index (χ0) is 18.7. The van der Waals surface area contributed by atoms with Crippen LogP contribution in [0.15, 0.2) is 35.7 Å². The summed E-state index contributed by atoms with van der Waals surface area (Å²) in [4.78, 5) is 11.5. The number of ether oxygens (including phenoxy) is 2. The molecule has 2 aromatic heterocycles. The molecule has 0 fully saturated rings. The van der Waals surface area contributed by atoms with Crippen LogP contribution in [0.25, 0.3) is 11.2 Å². The van der Waals surface area contributed by atoms with E-state index in [1.165, 1.54) is 6.33 Å². The number of anilines is 1. The van der Waals surface area contributed by atoms with E-state index >= 15 is 0 Å². The monoisotopic (exact) mass is 378 g/mol. The van der Waals surface area contributed by atoms with Crippen molar-refractivity contribution in [3.63, 3.8) is 0 Å². The number of hydrogen-bond acceptors (Lipinski definition) is 9. The molecule has 0 spiro atoms. The second-order valence-electron chi connectivity index (χ2n) is 5.18. The molecular formula is C15H16N5O5S-. The quantitative estimate of drug-likeness (QED) is 0.589. The number of rotatable bonds is 7. The van der Waals surface area contributed by atoms with Crippen LogP contribution in [-0.2, 0) is 16.7 Å². The van der Waals surface area contributed by atoms with Gasteiger partial charge in [-0.3, -0.25) is 4.57 Å². The summed E-state index contributed by atoms with van der Waals surface area (Å²) in [6.07, 6.45) is 1.17. The molecule has 2 heterocycles. The van der Waals surface area contributed by atoms with Crippen LogP contribution in [0, 0.1) is 0 Å². The summed E-state index contributed by atoms with van der Waals surface area (Å²) < 4.78 is 46.5. The topological polar surface area (TPSA) is 145 Å². The third kappa shape index (κ3) is 3.68. The lowest BCUT2D eigenvalue weighted by molar-refractivity contribution is 0.292. The first-order valence-electron chi connectivity index (χ1n) is 7.68. The van der Waals surface area contributed by atoms with Gasteiger partial charge in [-0.2, -0.15) is 0 Å². The number of benzene rings is 1. The lowest BCUT2D eigenvalue weighted by atomic mass is 10.3. The minimum Gasteiger partial charge on any atom is -0.742 e. The average Bonchev–Trinajstić information content (AvgIpc) is 2.97. The number of nitrogen functional groups attached to an aromatic ring is 1. The second kappa shape index (κ2) is 7.14. The van der Waals surface area contributed by atoms with Gasteiger partial charge in [0.15, 0.2) is 27.1 Å². The molecule has 138 valence electrons. The highest BCUT2D eigenvalue weighted by Gasteiger charge is 2.19. The molecule has 3 aromatic rings. The maximum atomic E-state index is 11.5. The number of aromatic nitrogens is 4. The van der Waals surface area contributed by atoms with Crippen LogP contribution < -0.4 is 15.2 Å². The molecule has 3 rings (SSSR count). The summed E-state index contributed by atoms with van der Waals surface area (Å²) in [6, 6.07) is 6.96. The fourth-order valence-electron chi connectivity index (χ4n) is 2.38. The Hall–Kier alpha value is -2.92. The van der Waals surface area contributed by atoms with Crippen molar-refractivity contribution >= 4 is 27.1 Å². The van der Waals surface area contributed by atoms with Crippen LogP contribution in [-0.4, -0.2) is 45.7 Å². The number of imidazole rings is 1. The van der Waals surface area contributed by atoms with Gasteiger partial charge in [-0.15, -0.1) is 0 Å². The Kier molecular flexibility index (Phi) is 4.91. The van der Waals surface area contributed by atoms with Gasteiger partial charge < -0.3 is 19.8 Å². The summed E-state index contributed by atoms with van der Waals surface area (Å²) in [6.45, 7) is 2.58. The maximum Gasteiger partial charge on any atom is 0.217 e. The summed E-state index contributed by atoms with van der Waals surface area (Å²) >= 11 is 0. The van der Waals surface area contributed by atoms with E-state index in [0.717, 1.165) is 4.57 Å². The van der Waals surface area contributed by atoms with Crippen molar-refractivity contribution in [3.05, 3.63) is 30.6 Å². The molecule has 0 aliphatic rings. The van der Waals surface area contributed by atoms with E-state index in [9.17, 15) is 13.0 Å². The number of fused-ring (bicyclic) bond motifs is 1. The first kappa shape index (κ1) is 17.9. The molecule has 0 aliphatic heterocycles. The Balaban J connectivity index is 1.81. The molecule has 0 saturated heterocycles. The highest BCUT2D eigenvalue weighted by atomic mass is 32.2. The zero-order valence-electron chi connectivity index (χ0n) is 13.8. The predicted molar refractivity (Wildman–Crippen MR) is 90.8 cm³/mol. The summed E-state index contributed by atoms with van der Waals surface area (Å²) in [7, 11) is -4.81. The van der Waals surface area contributed by atoms with Gasteiger partial charge in [0.25, 0.3) is 0 Å². The lowest BCUT2D eigenvalue weighted by Crippen LogP contribution is -2.15. The molecule has 10 nitrogen and oxygen atoms in total. The van der Waals surface area contributed by atoms with Crippen LogP contribution in [0.3, 0.4) is 0 Å². The van der Waals surface area contributed by atoms with E-state index in [2.05, 4.69) is 15.0 Å². The average molecular weight is 378 g/mol. The Morgan fingerprint density at radius 2 is 1.81 bits per heavy atom. The molecule has 1 aromatic carbocycles. The molecule has 0 amide bonds. The van der Waals surface area contributed by atoms with Gasteiger partial charge in [0.2, 0.25) is 5.16 Å². The van der Waals surface area contributed by atoms with Crippen molar-refractivity contribution in [2.45, 2.75) is 18.6 Å². The van der Waals surface area contributed by atoms with E-state index < -0.39 is 15.3 Å². The van der Waals surface area contributed by atoms with Gasteiger partial charge in [0, 0.05) is 0 Å². The van der Waals surface area contributed by atoms with Gasteiger partial charge in [-0.05, 0) is 31.2 Å². The van der Waals surface area contributed by atoms with Crippen molar-refractivity contribution < 1.29 is 22.4 Å². The molecule has 0 aliphatic carbocycles. The van der Waals surface area contributed by atoms with Crippen LogP contribution in [0.4, 0.5) is 5.82 Å². The molecular weight excluding hydrogens is 362 g/mol. The largest absolute Gasteiger partial charge is 0.742 e. The van der Waals surface area contributed by atoms with Gasteiger partial charge >= 0.3 is 0 Å². The fourth-order valence-corrected chi connectivity index (χ4v) is 3.03. The lowest BCUT2D eigenvalue weighted by Gasteiger charge is -2.12. The van der Waals surface area contributed by atoms with Gasteiger partial charge in [0.05, 0.1) is 13.2 Å². The van der Waals surface area contributed by atoms with E-state index in [1.807, 2.05) is 6.92 Å². The van der Waals surface area contributed by atoms with Gasteiger partial charge in [-0.25, -0.2) is 23.4 Å². The number of nitrogens with two attached hydrogens (primary N) is 1. The molecule has 0 saturated carbocycles. The SMILES string of the molecule is CCOc1ccc(OCCn2c(S(=O)(=O)[O-])nc3c(N)ncnc32)cc1. The molecule has 0 bridgehead atoms. The molecule has 2 N–H and O–H groups in total. The minimum atomic E-state index is -4.81. The smallest absolute Gasteiger partial charge is 0.217 e. The van der Waals surface area contributed by atoms with Crippen molar-refractivity contribution in [2.24, 2.45) is 0 Å². The highest BCUT2D eigenvalue weighted by Crippen LogP contribution is 2.21. The van der Waals surface area contributed by atoms with Gasteiger partial charge in [0.1, 0.15) is 24.4 Å². The fraction of sp³-hybridized carbons (Fsp3) is 0.267. The van der Waals surface area contributed by atoms with Crippen LogP contribution in [0.5, 0.6) is 11.5 Å². The molecule has 0 unspecified atom stereocenters. The van der Waals surface area contributed by atoms with Crippen molar-refractivity contribution in [3.8, 4) is 11.5 Å². The van der Waals surface area contributed by atoms with Crippen molar-refractivity contribution in [1.82, 2.24) is 19.5 Å². The molecule has 26 heavy (non-hydrogen) atoms. The minimum absolute atomic E-state index is 0.00826. The zero-order valence-corrected chi connectivity index (χ0v) is 14.6. The van der Waals surface area contributed by atoms with Crippen molar-refractivity contribution in [2.75, 3.05) is 18.9 Å². The first-order valence-corrected chi connectivity index (χ1v) is 9.09. The number of nitrogens with zero attached hydrogens (tertiary/aromatic N) is 4. The maximum absolute atomic E-state index is 11.5. The highest BCUT2D eigenvalue weighted by molar-refractivity contribution is 7.85. The normalized spacial score (nSPS) is 11.6. The molecule has 11 heteroatoms. The summed E-state index contributed by atoms with van der Waals surface area (Å²) in [5, 5.41) is -0.671. The Labute approximate surface area is 149 Å². The van der Waals surface area contributed by atoms with Crippen LogP contribution in [0.2, 0.25) is 0 Å². The van der Waals surface area contributed by atoms with E-state index in [1.54, 1.807) is 24.3 Å². The Bertz CT molecular complexity index is 1020. The Morgan fingerprint density at radius 3 is 2.42 bits per heavy atom. The Morgan fingerprint density at radius 1 is 1.15 bits per heavy atom. The third-order valence-corrected chi connectivity index (χ3v) is 4.23.